The van der Waals surface area contributed by atoms with Gasteiger partial charge in [-0.2, -0.15) is 0 Å². The smallest absolute Gasteiger partial charge is 0.129 e. The molecule has 0 aromatic heterocycles. The Morgan fingerprint density at radius 2 is 1.59 bits per heavy atom. The maximum absolute atomic E-state index is 13.4. The summed E-state index contributed by atoms with van der Waals surface area (Å²) in [5.41, 5.74) is 0.424. The van der Waals surface area contributed by atoms with E-state index in [2.05, 4.69) is 0 Å². The largest absolute Gasteiger partial charge is 0.489 e. The maximum Gasteiger partial charge on any atom is 0.129 e. The van der Waals surface area contributed by atoms with E-state index in [0.717, 1.165) is 0 Å². The van der Waals surface area contributed by atoms with E-state index in [1.807, 2.05) is 0 Å². The normalized spacial score (nSPS) is 10.3. The van der Waals surface area contributed by atoms with E-state index in [1.54, 1.807) is 30.3 Å². The lowest BCUT2D eigenvalue weighted by atomic mass is 10.2. The highest BCUT2D eigenvalue weighted by atomic mass is 35.5. The van der Waals surface area contributed by atoms with E-state index in [4.69, 9.17) is 27.9 Å². The van der Waals surface area contributed by atoms with Gasteiger partial charge in [0.25, 0.3) is 0 Å². The molecule has 2 rings (SSSR count). The Morgan fingerprint density at radius 3 is 2.29 bits per heavy atom. The number of hydrogen-bond donors (Lipinski definition) is 0. The lowest BCUT2D eigenvalue weighted by molar-refractivity contribution is 0.300. The molecule has 0 saturated carbocycles. The Labute approximate surface area is 109 Å². The molecule has 2 aromatic carbocycles. The molecular weight excluding hydrogens is 262 g/mol. The SMILES string of the molecule is Fc1ccc(Cl)cc1COc1ccc(Cl)cc1. The highest BCUT2D eigenvalue weighted by Crippen LogP contribution is 2.19. The van der Waals surface area contributed by atoms with Gasteiger partial charge in [-0.3, -0.25) is 0 Å². The second-order valence-electron chi connectivity index (χ2n) is 3.48. The molecule has 0 bridgehead atoms. The number of hydrogen-bond acceptors (Lipinski definition) is 1. The highest BCUT2D eigenvalue weighted by molar-refractivity contribution is 6.30. The Bertz CT molecular complexity index is 511. The zero-order chi connectivity index (χ0) is 12.3. The third-order valence-electron chi connectivity index (χ3n) is 2.22. The van der Waals surface area contributed by atoms with Crippen molar-refractivity contribution in [2.45, 2.75) is 6.61 Å². The summed E-state index contributed by atoms with van der Waals surface area (Å²) in [7, 11) is 0. The topological polar surface area (TPSA) is 9.23 Å². The average molecular weight is 271 g/mol. The molecule has 0 unspecified atom stereocenters. The molecule has 0 fully saturated rings. The van der Waals surface area contributed by atoms with E-state index in [9.17, 15) is 4.39 Å². The summed E-state index contributed by atoms with van der Waals surface area (Å²) in [6.45, 7) is 0.133. The van der Waals surface area contributed by atoms with Gasteiger partial charge in [-0.15, -0.1) is 0 Å². The minimum absolute atomic E-state index is 0.133. The first-order chi connectivity index (χ1) is 8.15. The van der Waals surface area contributed by atoms with Crippen molar-refractivity contribution < 1.29 is 9.13 Å². The summed E-state index contributed by atoms with van der Waals surface area (Å²) < 4.78 is 18.8. The zero-order valence-electron chi connectivity index (χ0n) is 8.79. The van der Waals surface area contributed by atoms with Gasteiger partial charge in [-0.25, -0.2) is 4.39 Å². The third kappa shape index (κ3) is 3.35. The van der Waals surface area contributed by atoms with Gasteiger partial charge in [0, 0.05) is 15.6 Å². The van der Waals surface area contributed by atoms with Crippen molar-refractivity contribution in [3.8, 4) is 5.75 Å². The van der Waals surface area contributed by atoms with Crippen molar-refractivity contribution in [1.82, 2.24) is 0 Å². The lowest BCUT2D eigenvalue weighted by Crippen LogP contribution is -1.98. The number of benzene rings is 2. The fourth-order valence-corrected chi connectivity index (χ4v) is 1.67. The molecule has 0 amide bonds. The van der Waals surface area contributed by atoms with Crippen LogP contribution in [0, 0.1) is 5.82 Å². The van der Waals surface area contributed by atoms with Crippen molar-refractivity contribution in [3.63, 3.8) is 0 Å². The molecule has 17 heavy (non-hydrogen) atoms. The van der Waals surface area contributed by atoms with Gasteiger partial charge < -0.3 is 4.74 Å². The molecule has 0 spiro atoms. The average Bonchev–Trinajstić information content (AvgIpc) is 2.32. The second kappa shape index (κ2) is 5.39. The van der Waals surface area contributed by atoms with Crippen molar-refractivity contribution in [1.29, 1.82) is 0 Å². The van der Waals surface area contributed by atoms with Gasteiger partial charge in [0.05, 0.1) is 0 Å². The summed E-state index contributed by atoms with van der Waals surface area (Å²) in [6.07, 6.45) is 0. The summed E-state index contributed by atoms with van der Waals surface area (Å²) >= 11 is 11.5. The van der Waals surface area contributed by atoms with Crippen molar-refractivity contribution in [2.75, 3.05) is 0 Å². The number of halogens is 3. The molecule has 0 aliphatic carbocycles. The molecule has 4 heteroatoms. The first kappa shape index (κ1) is 12.2. The Balaban J connectivity index is 2.07. The second-order valence-corrected chi connectivity index (χ2v) is 4.35. The van der Waals surface area contributed by atoms with Crippen LogP contribution < -0.4 is 4.74 Å². The van der Waals surface area contributed by atoms with Crippen LogP contribution in [0.3, 0.4) is 0 Å². The fourth-order valence-electron chi connectivity index (χ4n) is 1.35. The van der Waals surface area contributed by atoms with Crippen molar-refractivity contribution >= 4 is 23.2 Å². The van der Waals surface area contributed by atoms with Gasteiger partial charge in [0.15, 0.2) is 0 Å². The highest BCUT2D eigenvalue weighted by Gasteiger charge is 2.04. The first-order valence-electron chi connectivity index (χ1n) is 4.97. The molecule has 0 radical (unpaired) electrons. The zero-order valence-corrected chi connectivity index (χ0v) is 10.3. The molecule has 88 valence electrons. The summed E-state index contributed by atoms with van der Waals surface area (Å²) in [5, 5.41) is 1.12. The van der Waals surface area contributed by atoms with Crippen LogP contribution in [0.4, 0.5) is 4.39 Å². The third-order valence-corrected chi connectivity index (χ3v) is 2.70. The minimum atomic E-state index is -0.330. The van der Waals surface area contributed by atoms with E-state index in [1.165, 1.54) is 12.1 Å². The van der Waals surface area contributed by atoms with Crippen LogP contribution in [0.1, 0.15) is 5.56 Å². The van der Waals surface area contributed by atoms with Crippen LogP contribution in [-0.2, 0) is 6.61 Å². The van der Waals surface area contributed by atoms with Crippen LogP contribution >= 0.6 is 23.2 Å². The monoisotopic (exact) mass is 270 g/mol. The van der Waals surface area contributed by atoms with E-state index in [-0.39, 0.29) is 12.4 Å². The quantitative estimate of drug-likeness (QED) is 0.785. The van der Waals surface area contributed by atoms with Gasteiger partial charge in [0.1, 0.15) is 18.2 Å². The molecule has 1 nitrogen and oxygen atoms in total. The van der Waals surface area contributed by atoms with Gasteiger partial charge in [0.2, 0.25) is 0 Å². The summed E-state index contributed by atoms with van der Waals surface area (Å²) in [6, 6.07) is 11.3. The number of ether oxygens (including phenoxy) is 1. The Kier molecular flexibility index (Phi) is 3.87. The molecule has 0 atom stereocenters. The van der Waals surface area contributed by atoms with Crippen LogP contribution in [0.15, 0.2) is 42.5 Å². The van der Waals surface area contributed by atoms with Gasteiger partial charge in [-0.1, -0.05) is 23.2 Å². The van der Waals surface area contributed by atoms with Crippen LogP contribution in [-0.4, -0.2) is 0 Å². The fraction of sp³-hybridized carbons (Fsp3) is 0.0769. The first-order valence-corrected chi connectivity index (χ1v) is 5.73. The lowest BCUT2D eigenvalue weighted by Gasteiger charge is -2.07. The predicted molar refractivity (Wildman–Crippen MR) is 67.2 cm³/mol. The standard InChI is InChI=1S/C13H9Cl2FO/c14-10-1-4-12(5-2-10)17-8-9-7-11(15)3-6-13(9)16/h1-7H,8H2. The van der Waals surface area contributed by atoms with Crippen molar-refractivity contribution in [2.24, 2.45) is 0 Å². The Hall–Kier alpha value is -1.25. The van der Waals surface area contributed by atoms with Gasteiger partial charge >= 0.3 is 0 Å². The minimum Gasteiger partial charge on any atom is -0.489 e. The molecule has 0 N–H and O–H groups in total. The molecule has 0 aliphatic heterocycles. The van der Waals surface area contributed by atoms with Crippen LogP contribution in [0.25, 0.3) is 0 Å². The maximum atomic E-state index is 13.4. The Morgan fingerprint density at radius 1 is 0.941 bits per heavy atom. The van der Waals surface area contributed by atoms with Gasteiger partial charge in [-0.05, 0) is 42.5 Å². The number of rotatable bonds is 3. The summed E-state index contributed by atoms with van der Waals surface area (Å²) in [4.78, 5) is 0. The molecule has 0 aliphatic rings. The predicted octanol–water partition coefficient (Wildman–Crippen LogP) is 4.71. The van der Waals surface area contributed by atoms with E-state index < -0.39 is 0 Å². The molecule has 2 aromatic rings. The summed E-state index contributed by atoms with van der Waals surface area (Å²) in [5.74, 6) is 0.303. The van der Waals surface area contributed by atoms with E-state index in [0.29, 0.717) is 21.4 Å². The van der Waals surface area contributed by atoms with Crippen LogP contribution in [0.2, 0.25) is 10.0 Å². The molecule has 0 heterocycles. The molecule has 0 saturated heterocycles. The molecular formula is C13H9Cl2FO. The van der Waals surface area contributed by atoms with E-state index >= 15 is 0 Å². The van der Waals surface area contributed by atoms with Crippen molar-refractivity contribution in [3.05, 3.63) is 63.9 Å². The van der Waals surface area contributed by atoms with Crippen LogP contribution in [0.5, 0.6) is 5.75 Å².